The van der Waals surface area contributed by atoms with Crippen LogP contribution in [-0.4, -0.2) is 19.7 Å². The van der Waals surface area contributed by atoms with Gasteiger partial charge in [-0.2, -0.15) is 5.10 Å². The summed E-state index contributed by atoms with van der Waals surface area (Å²) in [5.74, 6) is 0.601. The van der Waals surface area contributed by atoms with E-state index >= 15 is 0 Å². The standard InChI is InChI=1S/C16H18N4O/c1-8-6-9(2)12(10(3)7-8)15-13-14(19-20(15)5)16(21)18-11(4)17-13/h6-7H,1-5H3,(H,17,18,21). The lowest BCUT2D eigenvalue weighted by Crippen LogP contribution is -2.09. The maximum absolute atomic E-state index is 12.0. The fourth-order valence-electron chi connectivity index (χ4n) is 3.02. The zero-order valence-corrected chi connectivity index (χ0v) is 12.9. The van der Waals surface area contributed by atoms with Crippen molar-refractivity contribution in [1.82, 2.24) is 19.7 Å². The van der Waals surface area contributed by atoms with Gasteiger partial charge in [-0.15, -0.1) is 0 Å². The Morgan fingerprint density at radius 3 is 2.29 bits per heavy atom. The number of aryl methyl sites for hydroxylation is 5. The molecular weight excluding hydrogens is 264 g/mol. The van der Waals surface area contributed by atoms with E-state index < -0.39 is 0 Å². The number of aromatic nitrogens is 4. The fraction of sp³-hybridized carbons (Fsp3) is 0.312. The number of H-pyrrole nitrogens is 1. The normalized spacial score (nSPS) is 11.3. The van der Waals surface area contributed by atoms with Crippen LogP contribution in [0.4, 0.5) is 0 Å². The number of nitrogens with one attached hydrogen (secondary N) is 1. The Hall–Kier alpha value is -2.43. The third-order valence-electron chi connectivity index (χ3n) is 3.73. The highest BCUT2D eigenvalue weighted by Gasteiger charge is 2.18. The zero-order chi connectivity index (χ0) is 15.3. The smallest absolute Gasteiger partial charge is 0.279 e. The molecule has 0 unspecified atom stereocenters. The molecule has 2 heterocycles. The van der Waals surface area contributed by atoms with Gasteiger partial charge in [-0.05, 0) is 38.8 Å². The van der Waals surface area contributed by atoms with Crippen LogP contribution in [0, 0.1) is 27.7 Å². The molecule has 0 amide bonds. The van der Waals surface area contributed by atoms with Crippen LogP contribution in [0.25, 0.3) is 22.3 Å². The van der Waals surface area contributed by atoms with Gasteiger partial charge in [0.2, 0.25) is 0 Å². The summed E-state index contributed by atoms with van der Waals surface area (Å²) in [6, 6.07) is 4.28. The SMILES string of the molecule is Cc1cc(C)c(-c2c3nc(C)[nH]c(=O)c3nn2C)c(C)c1. The zero-order valence-electron chi connectivity index (χ0n) is 12.9. The van der Waals surface area contributed by atoms with Crippen molar-refractivity contribution in [2.24, 2.45) is 7.05 Å². The maximum atomic E-state index is 12.0. The molecule has 3 rings (SSSR count). The molecule has 0 atom stereocenters. The second kappa shape index (κ2) is 4.55. The van der Waals surface area contributed by atoms with Gasteiger partial charge in [0.1, 0.15) is 11.3 Å². The van der Waals surface area contributed by atoms with Crippen molar-refractivity contribution >= 4 is 11.0 Å². The van der Waals surface area contributed by atoms with Crippen molar-refractivity contribution in [2.45, 2.75) is 27.7 Å². The van der Waals surface area contributed by atoms with Crippen LogP contribution in [-0.2, 0) is 7.05 Å². The Kier molecular flexibility index (Phi) is 2.93. The number of hydrogen-bond acceptors (Lipinski definition) is 3. The molecule has 21 heavy (non-hydrogen) atoms. The minimum absolute atomic E-state index is 0.193. The predicted octanol–water partition coefficient (Wildman–Crippen LogP) is 2.56. The Morgan fingerprint density at radius 2 is 1.67 bits per heavy atom. The summed E-state index contributed by atoms with van der Waals surface area (Å²) in [7, 11) is 1.85. The summed E-state index contributed by atoms with van der Waals surface area (Å²) < 4.78 is 1.75. The molecule has 2 aromatic heterocycles. The molecule has 0 saturated carbocycles. The van der Waals surface area contributed by atoms with Gasteiger partial charge in [0, 0.05) is 12.6 Å². The van der Waals surface area contributed by atoms with Gasteiger partial charge in [0.05, 0.1) is 5.69 Å². The van der Waals surface area contributed by atoms with Crippen LogP contribution < -0.4 is 5.56 Å². The van der Waals surface area contributed by atoms with Crippen LogP contribution in [0.3, 0.4) is 0 Å². The van der Waals surface area contributed by atoms with E-state index in [9.17, 15) is 4.79 Å². The molecular formula is C16H18N4O. The molecule has 0 bridgehead atoms. The number of aromatic amines is 1. The molecule has 0 radical (unpaired) electrons. The minimum Gasteiger partial charge on any atom is -0.309 e. The molecule has 0 aliphatic rings. The molecule has 3 aromatic rings. The summed E-state index contributed by atoms with van der Waals surface area (Å²) in [6.07, 6.45) is 0. The van der Waals surface area contributed by atoms with Crippen molar-refractivity contribution in [3.8, 4) is 11.3 Å². The molecule has 0 aliphatic heterocycles. The topological polar surface area (TPSA) is 63.6 Å². The van der Waals surface area contributed by atoms with E-state index in [-0.39, 0.29) is 5.56 Å². The number of hydrogen-bond donors (Lipinski definition) is 1. The average molecular weight is 282 g/mol. The highest BCUT2D eigenvalue weighted by atomic mass is 16.1. The van der Waals surface area contributed by atoms with Gasteiger partial charge >= 0.3 is 0 Å². The highest BCUT2D eigenvalue weighted by molar-refractivity contribution is 5.91. The van der Waals surface area contributed by atoms with E-state index in [4.69, 9.17) is 0 Å². The average Bonchev–Trinajstić information content (AvgIpc) is 2.66. The van der Waals surface area contributed by atoms with E-state index in [0.29, 0.717) is 16.9 Å². The Bertz CT molecular complexity index is 895. The number of benzene rings is 1. The van der Waals surface area contributed by atoms with Crippen LogP contribution >= 0.6 is 0 Å². The first-order valence-electron chi connectivity index (χ1n) is 6.90. The summed E-state index contributed by atoms with van der Waals surface area (Å²) >= 11 is 0. The lowest BCUT2D eigenvalue weighted by molar-refractivity contribution is 0.785. The van der Waals surface area contributed by atoms with Gasteiger partial charge in [-0.25, -0.2) is 4.98 Å². The van der Waals surface area contributed by atoms with Crippen molar-refractivity contribution in [2.75, 3.05) is 0 Å². The van der Waals surface area contributed by atoms with Gasteiger partial charge < -0.3 is 4.98 Å². The monoisotopic (exact) mass is 282 g/mol. The first-order valence-corrected chi connectivity index (χ1v) is 6.90. The fourth-order valence-corrected chi connectivity index (χ4v) is 3.02. The van der Waals surface area contributed by atoms with Crippen molar-refractivity contribution < 1.29 is 0 Å². The number of nitrogens with zero attached hydrogens (tertiary/aromatic N) is 3. The lowest BCUT2D eigenvalue weighted by Gasteiger charge is -2.12. The lowest BCUT2D eigenvalue weighted by atomic mass is 9.96. The first kappa shape index (κ1) is 13.5. The van der Waals surface area contributed by atoms with E-state index in [0.717, 1.165) is 22.4 Å². The Morgan fingerprint density at radius 1 is 1.05 bits per heavy atom. The number of fused-ring (bicyclic) bond motifs is 1. The third kappa shape index (κ3) is 2.05. The summed E-state index contributed by atoms with van der Waals surface area (Å²) in [4.78, 5) is 19.2. The summed E-state index contributed by atoms with van der Waals surface area (Å²) in [5, 5.41) is 4.35. The van der Waals surface area contributed by atoms with Crippen molar-refractivity contribution in [3.05, 3.63) is 45.0 Å². The molecule has 0 saturated heterocycles. The van der Waals surface area contributed by atoms with Crippen LogP contribution in [0.1, 0.15) is 22.5 Å². The number of rotatable bonds is 1. The molecule has 5 heteroatoms. The Labute approximate surface area is 122 Å². The predicted molar refractivity (Wildman–Crippen MR) is 83.5 cm³/mol. The Balaban J connectivity index is 2.47. The van der Waals surface area contributed by atoms with Gasteiger partial charge in [-0.1, -0.05) is 17.7 Å². The highest BCUT2D eigenvalue weighted by Crippen LogP contribution is 2.31. The molecule has 108 valence electrons. The van der Waals surface area contributed by atoms with E-state index in [2.05, 4.69) is 48.0 Å². The van der Waals surface area contributed by atoms with Crippen molar-refractivity contribution in [3.63, 3.8) is 0 Å². The second-order valence-electron chi connectivity index (χ2n) is 5.59. The van der Waals surface area contributed by atoms with E-state index in [1.807, 2.05) is 7.05 Å². The maximum Gasteiger partial charge on any atom is 0.279 e. The third-order valence-corrected chi connectivity index (χ3v) is 3.73. The van der Waals surface area contributed by atoms with Crippen LogP contribution in [0.2, 0.25) is 0 Å². The largest absolute Gasteiger partial charge is 0.309 e. The molecule has 5 nitrogen and oxygen atoms in total. The van der Waals surface area contributed by atoms with E-state index in [1.165, 1.54) is 5.56 Å². The van der Waals surface area contributed by atoms with E-state index in [1.54, 1.807) is 11.6 Å². The molecule has 0 aliphatic carbocycles. The molecule has 1 N–H and O–H groups in total. The van der Waals surface area contributed by atoms with Crippen LogP contribution in [0.5, 0.6) is 0 Å². The molecule has 1 aromatic carbocycles. The molecule has 0 fully saturated rings. The second-order valence-corrected chi connectivity index (χ2v) is 5.59. The van der Waals surface area contributed by atoms with Gasteiger partial charge in [0.15, 0.2) is 5.52 Å². The van der Waals surface area contributed by atoms with Crippen molar-refractivity contribution in [1.29, 1.82) is 0 Å². The minimum atomic E-state index is -0.193. The van der Waals surface area contributed by atoms with Gasteiger partial charge in [0.25, 0.3) is 5.56 Å². The molecule has 0 spiro atoms. The summed E-state index contributed by atoms with van der Waals surface area (Å²) in [5.41, 5.74) is 6.40. The van der Waals surface area contributed by atoms with Gasteiger partial charge in [-0.3, -0.25) is 9.48 Å². The quantitative estimate of drug-likeness (QED) is 0.746. The summed E-state index contributed by atoms with van der Waals surface area (Å²) in [6.45, 7) is 8.02. The van der Waals surface area contributed by atoms with Crippen LogP contribution in [0.15, 0.2) is 16.9 Å². The first-order chi connectivity index (χ1) is 9.88.